The van der Waals surface area contributed by atoms with E-state index in [0.29, 0.717) is 6.61 Å². The molecule has 0 aliphatic heterocycles. The molecule has 0 fully saturated rings. The van der Waals surface area contributed by atoms with Gasteiger partial charge >= 0.3 is 5.97 Å². The van der Waals surface area contributed by atoms with Crippen molar-refractivity contribution in [1.82, 2.24) is 9.55 Å². The van der Waals surface area contributed by atoms with Crippen molar-refractivity contribution >= 4 is 17.0 Å². The molecule has 0 saturated carbocycles. The Bertz CT molecular complexity index is 590. The molecule has 5 heteroatoms. The van der Waals surface area contributed by atoms with E-state index in [0.717, 1.165) is 36.2 Å². The molecule has 0 saturated heterocycles. The fraction of sp³-hybridized carbons (Fsp3) is 0.429. The molecule has 0 aliphatic rings. The number of hydrogen-bond acceptors (Lipinski definition) is 3. The fourth-order valence-electron chi connectivity index (χ4n) is 2.16. The Morgan fingerprint density at radius 3 is 2.89 bits per heavy atom. The number of nitrogens with zero attached hydrogens (tertiary/aromatic N) is 2. The maximum Gasteiger partial charge on any atom is 0.335 e. The molecule has 2 rings (SSSR count). The Balaban J connectivity index is 2.49. The van der Waals surface area contributed by atoms with Crippen LogP contribution in [-0.2, 0) is 17.7 Å². The summed E-state index contributed by atoms with van der Waals surface area (Å²) in [5.74, 6) is 0.0578. The summed E-state index contributed by atoms with van der Waals surface area (Å²) in [7, 11) is 1.67. The second-order valence-electron chi connectivity index (χ2n) is 4.43. The van der Waals surface area contributed by atoms with Crippen molar-refractivity contribution in [3.8, 4) is 0 Å². The Morgan fingerprint density at radius 1 is 1.47 bits per heavy atom. The van der Waals surface area contributed by atoms with E-state index < -0.39 is 5.97 Å². The normalized spacial score (nSPS) is 11.1. The van der Waals surface area contributed by atoms with Gasteiger partial charge in [0.25, 0.3) is 0 Å². The number of carboxylic acid groups (broad SMARTS) is 1. The number of aromatic carboxylic acids is 1. The lowest BCUT2D eigenvalue weighted by atomic mass is 10.2. The highest BCUT2D eigenvalue weighted by Gasteiger charge is 2.12. The number of aromatic nitrogens is 2. The van der Waals surface area contributed by atoms with Crippen LogP contribution < -0.4 is 0 Å². The van der Waals surface area contributed by atoms with Gasteiger partial charge in [0.1, 0.15) is 5.82 Å². The highest BCUT2D eigenvalue weighted by molar-refractivity contribution is 5.92. The first-order chi connectivity index (χ1) is 9.17. The van der Waals surface area contributed by atoms with Crippen LogP contribution in [0.15, 0.2) is 18.2 Å². The van der Waals surface area contributed by atoms with Crippen molar-refractivity contribution in [3.63, 3.8) is 0 Å². The van der Waals surface area contributed by atoms with Crippen molar-refractivity contribution in [2.24, 2.45) is 0 Å². The molecule has 1 aromatic heterocycles. The molecule has 102 valence electrons. The molecule has 0 unspecified atom stereocenters. The number of benzene rings is 1. The van der Waals surface area contributed by atoms with E-state index in [1.165, 1.54) is 0 Å². The van der Waals surface area contributed by atoms with Gasteiger partial charge in [-0.2, -0.15) is 0 Å². The van der Waals surface area contributed by atoms with Gasteiger partial charge in [0.05, 0.1) is 23.2 Å². The number of ether oxygens (including phenoxy) is 1. The van der Waals surface area contributed by atoms with E-state index in [-0.39, 0.29) is 5.56 Å². The number of methoxy groups -OCH3 is 1. The number of carboxylic acids is 1. The van der Waals surface area contributed by atoms with Crippen molar-refractivity contribution < 1.29 is 14.6 Å². The molecule has 1 N–H and O–H groups in total. The van der Waals surface area contributed by atoms with Gasteiger partial charge < -0.3 is 14.4 Å². The minimum Gasteiger partial charge on any atom is -0.478 e. The van der Waals surface area contributed by atoms with Crippen LogP contribution in [0.4, 0.5) is 0 Å². The van der Waals surface area contributed by atoms with Crippen LogP contribution in [-0.4, -0.2) is 34.3 Å². The Morgan fingerprint density at radius 2 is 2.26 bits per heavy atom. The summed E-state index contributed by atoms with van der Waals surface area (Å²) in [6.45, 7) is 3.44. The average molecular weight is 262 g/mol. The highest BCUT2D eigenvalue weighted by Crippen LogP contribution is 2.19. The Kier molecular flexibility index (Phi) is 4.16. The lowest BCUT2D eigenvalue weighted by molar-refractivity contribution is 0.0697. The predicted octanol–water partition coefficient (Wildman–Crippen LogP) is 2.33. The Hall–Kier alpha value is -1.88. The second-order valence-corrected chi connectivity index (χ2v) is 4.43. The van der Waals surface area contributed by atoms with E-state index in [1.807, 2.05) is 6.07 Å². The summed E-state index contributed by atoms with van der Waals surface area (Å²) in [5, 5.41) is 9.01. The van der Waals surface area contributed by atoms with Gasteiger partial charge in [-0.15, -0.1) is 0 Å². The molecule has 1 heterocycles. The SMILES string of the molecule is CCCc1nc2cc(C(=O)O)ccc2n1CCOC. The molecule has 0 bridgehead atoms. The van der Waals surface area contributed by atoms with Crippen molar-refractivity contribution in [2.75, 3.05) is 13.7 Å². The van der Waals surface area contributed by atoms with Gasteiger partial charge in [0.15, 0.2) is 0 Å². The topological polar surface area (TPSA) is 64.3 Å². The predicted molar refractivity (Wildman–Crippen MR) is 72.6 cm³/mol. The van der Waals surface area contributed by atoms with Crippen LogP contribution in [0.3, 0.4) is 0 Å². The first-order valence-electron chi connectivity index (χ1n) is 6.38. The lowest BCUT2D eigenvalue weighted by Gasteiger charge is -2.07. The number of carbonyl (C=O) groups is 1. The van der Waals surface area contributed by atoms with Gasteiger partial charge in [0, 0.05) is 20.1 Å². The van der Waals surface area contributed by atoms with E-state index >= 15 is 0 Å². The van der Waals surface area contributed by atoms with E-state index in [4.69, 9.17) is 9.84 Å². The number of fused-ring (bicyclic) bond motifs is 1. The summed E-state index contributed by atoms with van der Waals surface area (Å²) < 4.78 is 7.22. The largest absolute Gasteiger partial charge is 0.478 e. The van der Waals surface area contributed by atoms with Crippen molar-refractivity contribution in [2.45, 2.75) is 26.3 Å². The molecule has 1 aromatic carbocycles. The maximum absolute atomic E-state index is 11.0. The van der Waals surface area contributed by atoms with Crippen LogP contribution in [0.1, 0.15) is 29.5 Å². The van der Waals surface area contributed by atoms with Gasteiger partial charge in [-0.3, -0.25) is 0 Å². The van der Waals surface area contributed by atoms with Gasteiger partial charge in [-0.05, 0) is 24.6 Å². The molecule has 19 heavy (non-hydrogen) atoms. The number of hydrogen-bond donors (Lipinski definition) is 1. The van der Waals surface area contributed by atoms with Crippen molar-refractivity contribution in [3.05, 3.63) is 29.6 Å². The van der Waals surface area contributed by atoms with Gasteiger partial charge in [-0.1, -0.05) is 6.92 Å². The maximum atomic E-state index is 11.0. The summed E-state index contributed by atoms with van der Waals surface area (Å²) in [6, 6.07) is 5.06. The molecule has 5 nitrogen and oxygen atoms in total. The van der Waals surface area contributed by atoms with Crippen LogP contribution in [0.2, 0.25) is 0 Å². The second kappa shape index (κ2) is 5.84. The smallest absolute Gasteiger partial charge is 0.335 e. The summed E-state index contributed by atoms with van der Waals surface area (Å²) in [5.41, 5.74) is 1.97. The third-order valence-electron chi connectivity index (χ3n) is 3.07. The van der Waals surface area contributed by atoms with Gasteiger partial charge in [-0.25, -0.2) is 9.78 Å². The van der Waals surface area contributed by atoms with Crippen LogP contribution >= 0.6 is 0 Å². The van der Waals surface area contributed by atoms with E-state index in [1.54, 1.807) is 19.2 Å². The monoisotopic (exact) mass is 262 g/mol. The molecule has 0 amide bonds. The van der Waals surface area contributed by atoms with Crippen LogP contribution in [0, 0.1) is 0 Å². The minimum atomic E-state index is -0.926. The minimum absolute atomic E-state index is 0.270. The highest BCUT2D eigenvalue weighted by atomic mass is 16.5. The first kappa shape index (κ1) is 13.5. The zero-order chi connectivity index (χ0) is 13.8. The molecular weight excluding hydrogens is 244 g/mol. The standard InChI is InChI=1S/C14H18N2O3/c1-3-4-13-15-11-9-10(14(17)18)5-6-12(11)16(13)7-8-19-2/h5-6,9H,3-4,7-8H2,1-2H3,(H,17,18). The molecule has 0 aliphatic carbocycles. The molecular formula is C14H18N2O3. The zero-order valence-electron chi connectivity index (χ0n) is 11.2. The Labute approximate surface area is 111 Å². The number of aryl methyl sites for hydroxylation is 1. The molecule has 2 aromatic rings. The van der Waals surface area contributed by atoms with Crippen LogP contribution in [0.5, 0.6) is 0 Å². The van der Waals surface area contributed by atoms with E-state index in [9.17, 15) is 4.79 Å². The van der Waals surface area contributed by atoms with Gasteiger partial charge in [0.2, 0.25) is 0 Å². The number of imidazole rings is 1. The average Bonchev–Trinajstić information content (AvgIpc) is 2.73. The lowest BCUT2D eigenvalue weighted by Crippen LogP contribution is -2.08. The van der Waals surface area contributed by atoms with Crippen molar-refractivity contribution in [1.29, 1.82) is 0 Å². The fourth-order valence-corrected chi connectivity index (χ4v) is 2.16. The van der Waals surface area contributed by atoms with Crippen LogP contribution in [0.25, 0.3) is 11.0 Å². The molecule has 0 spiro atoms. The summed E-state index contributed by atoms with van der Waals surface area (Å²) in [6.07, 6.45) is 1.88. The number of rotatable bonds is 6. The third kappa shape index (κ3) is 2.76. The molecule has 0 atom stereocenters. The summed E-state index contributed by atoms with van der Waals surface area (Å²) >= 11 is 0. The molecule has 0 radical (unpaired) electrons. The van der Waals surface area contributed by atoms with E-state index in [2.05, 4.69) is 16.5 Å². The first-order valence-corrected chi connectivity index (χ1v) is 6.38. The zero-order valence-corrected chi connectivity index (χ0v) is 11.2. The third-order valence-corrected chi connectivity index (χ3v) is 3.07. The quantitative estimate of drug-likeness (QED) is 0.867. The summed E-state index contributed by atoms with van der Waals surface area (Å²) in [4.78, 5) is 15.5.